The summed E-state index contributed by atoms with van der Waals surface area (Å²) in [5, 5.41) is 0.982. The molecule has 3 rings (SSSR count). The first kappa shape index (κ1) is 11.0. The van der Waals surface area contributed by atoms with Crippen LogP contribution in [0.25, 0.3) is 21.8 Å². The Hall–Kier alpha value is -2.12. The van der Waals surface area contributed by atoms with Crippen LogP contribution in [0.3, 0.4) is 0 Å². The Balaban J connectivity index is 2.70. The fourth-order valence-electron chi connectivity index (χ4n) is 2.07. The average Bonchev–Trinajstić information content (AvgIpc) is 2.63. The maximum atomic E-state index is 11.5. The third kappa shape index (κ3) is 1.52. The number of benzene rings is 2. The van der Waals surface area contributed by atoms with Gasteiger partial charge in [-0.25, -0.2) is 4.79 Å². The minimum Gasteiger partial charge on any atom is -0.306 e. The molecule has 0 radical (unpaired) electrons. The maximum Gasteiger partial charge on any atom is 0.323 e. The lowest BCUT2D eigenvalue weighted by atomic mass is 10.1. The van der Waals surface area contributed by atoms with Gasteiger partial charge in [-0.3, -0.25) is 4.55 Å². The van der Waals surface area contributed by atoms with Gasteiger partial charge in [-0.05, 0) is 11.5 Å². The fraction of sp³-hybridized carbons (Fsp3) is 0. The second kappa shape index (κ2) is 3.44. The molecule has 92 valence electrons. The van der Waals surface area contributed by atoms with Gasteiger partial charge in [0, 0.05) is 5.39 Å². The van der Waals surface area contributed by atoms with Crippen LogP contribution in [0, 0.1) is 0 Å². The first-order valence-electron chi connectivity index (χ1n) is 5.08. The predicted octanol–water partition coefficient (Wildman–Crippen LogP) is 1.26. The van der Waals surface area contributed by atoms with Crippen molar-refractivity contribution in [1.82, 2.24) is 9.97 Å². The van der Waals surface area contributed by atoms with Crippen LogP contribution in [0.5, 0.6) is 0 Å². The van der Waals surface area contributed by atoms with E-state index >= 15 is 0 Å². The maximum absolute atomic E-state index is 11.5. The summed E-state index contributed by atoms with van der Waals surface area (Å²) in [6, 6.07) is 8.33. The van der Waals surface area contributed by atoms with E-state index in [9.17, 15) is 17.8 Å². The van der Waals surface area contributed by atoms with Crippen molar-refractivity contribution in [2.24, 2.45) is 0 Å². The van der Waals surface area contributed by atoms with Gasteiger partial charge in [0.1, 0.15) is 4.90 Å². The molecule has 0 fully saturated rings. The standard InChI is InChI=1S/C11H8N2O4S/c14-11-12-8-5-6-3-1-2-4-7(6)10(9(8)13-11)18(15,16)17/h1-5H,(H2,12,13,14)(H,15,16,17). The van der Waals surface area contributed by atoms with Crippen LogP contribution >= 0.6 is 0 Å². The summed E-state index contributed by atoms with van der Waals surface area (Å²) >= 11 is 0. The van der Waals surface area contributed by atoms with E-state index in [0.29, 0.717) is 16.3 Å². The molecule has 0 bridgehead atoms. The molecule has 1 heterocycles. The molecule has 0 amide bonds. The molecule has 0 aliphatic carbocycles. The molecule has 1 aromatic heterocycles. The number of fused-ring (bicyclic) bond motifs is 2. The highest BCUT2D eigenvalue weighted by Crippen LogP contribution is 2.29. The Morgan fingerprint density at radius 1 is 1.11 bits per heavy atom. The highest BCUT2D eigenvalue weighted by molar-refractivity contribution is 7.86. The van der Waals surface area contributed by atoms with E-state index in [1.807, 2.05) is 0 Å². The van der Waals surface area contributed by atoms with Crippen molar-refractivity contribution in [2.45, 2.75) is 4.90 Å². The molecule has 0 aliphatic heterocycles. The van der Waals surface area contributed by atoms with Crippen LogP contribution in [0.15, 0.2) is 40.0 Å². The number of aromatic amines is 2. The van der Waals surface area contributed by atoms with Crippen LogP contribution in [-0.2, 0) is 10.1 Å². The van der Waals surface area contributed by atoms with Crippen LogP contribution in [0.1, 0.15) is 0 Å². The Kier molecular flexibility index (Phi) is 2.10. The van der Waals surface area contributed by atoms with Gasteiger partial charge in [0.05, 0.1) is 11.0 Å². The molecule has 2 aromatic carbocycles. The molecule has 0 spiro atoms. The van der Waals surface area contributed by atoms with Crippen molar-refractivity contribution in [3.63, 3.8) is 0 Å². The second-order valence-corrected chi connectivity index (χ2v) is 5.26. The van der Waals surface area contributed by atoms with Crippen LogP contribution in [0.2, 0.25) is 0 Å². The minimum absolute atomic E-state index is 0.0844. The van der Waals surface area contributed by atoms with Crippen molar-refractivity contribution in [2.75, 3.05) is 0 Å². The number of aromatic nitrogens is 2. The Morgan fingerprint density at radius 2 is 1.83 bits per heavy atom. The minimum atomic E-state index is -4.43. The summed E-state index contributed by atoms with van der Waals surface area (Å²) in [6.07, 6.45) is 0. The number of hydrogen-bond acceptors (Lipinski definition) is 3. The molecule has 0 aliphatic rings. The van der Waals surface area contributed by atoms with Gasteiger partial charge in [0.15, 0.2) is 0 Å². The van der Waals surface area contributed by atoms with E-state index < -0.39 is 15.8 Å². The van der Waals surface area contributed by atoms with Crippen molar-refractivity contribution in [1.29, 1.82) is 0 Å². The van der Waals surface area contributed by atoms with Crippen LogP contribution in [0.4, 0.5) is 0 Å². The zero-order valence-corrected chi connectivity index (χ0v) is 9.78. The largest absolute Gasteiger partial charge is 0.323 e. The highest BCUT2D eigenvalue weighted by Gasteiger charge is 2.20. The van der Waals surface area contributed by atoms with Crippen molar-refractivity contribution in [3.05, 3.63) is 40.8 Å². The number of imidazole rings is 1. The monoisotopic (exact) mass is 264 g/mol. The fourth-order valence-corrected chi connectivity index (χ4v) is 2.95. The molecule has 3 N–H and O–H groups in total. The lowest BCUT2D eigenvalue weighted by Gasteiger charge is -2.04. The summed E-state index contributed by atoms with van der Waals surface area (Å²) in [5.74, 6) is 0. The molecule has 6 nitrogen and oxygen atoms in total. The molecule has 3 aromatic rings. The predicted molar refractivity (Wildman–Crippen MR) is 66.2 cm³/mol. The topological polar surface area (TPSA) is 103 Å². The van der Waals surface area contributed by atoms with E-state index in [1.165, 1.54) is 0 Å². The van der Waals surface area contributed by atoms with Gasteiger partial charge < -0.3 is 9.97 Å². The second-order valence-electron chi connectivity index (χ2n) is 3.90. The molecular formula is C11H8N2O4S. The van der Waals surface area contributed by atoms with Crippen LogP contribution < -0.4 is 5.69 Å². The van der Waals surface area contributed by atoms with Crippen LogP contribution in [-0.4, -0.2) is 22.9 Å². The molecule has 18 heavy (non-hydrogen) atoms. The summed E-state index contributed by atoms with van der Waals surface area (Å²) in [6.45, 7) is 0. The van der Waals surface area contributed by atoms with E-state index in [-0.39, 0.29) is 10.4 Å². The normalized spacial score (nSPS) is 12.3. The number of rotatable bonds is 1. The average molecular weight is 264 g/mol. The van der Waals surface area contributed by atoms with Crippen molar-refractivity contribution in [3.8, 4) is 0 Å². The summed E-state index contributed by atoms with van der Waals surface area (Å²) in [4.78, 5) is 15.8. The van der Waals surface area contributed by atoms with Crippen molar-refractivity contribution < 1.29 is 13.0 Å². The van der Waals surface area contributed by atoms with Gasteiger partial charge in [0.2, 0.25) is 0 Å². The number of hydrogen-bond donors (Lipinski definition) is 3. The van der Waals surface area contributed by atoms with Gasteiger partial charge in [-0.1, -0.05) is 24.3 Å². The van der Waals surface area contributed by atoms with E-state index in [1.54, 1.807) is 30.3 Å². The third-order valence-electron chi connectivity index (χ3n) is 2.75. The molecule has 0 saturated heterocycles. The van der Waals surface area contributed by atoms with Gasteiger partial charge >= 0.3 is 5.69 Å². The highest BCUT2D eigenvalue weighted by atomic mass is 32.2. The van der Waals surface area contributed by atoms with Crippen molar-refractivity contribution >= 4 is 31.9 Å². The number of nitrogens with one attached hydrogen (secondary N) is 2. The van der Waals surface area contributed by atoms with E-state index in [4.69, 9.17) is 0 Å². The van der Waals surface area contributed by atoms with Gasteiger partial charge in [-0.2, -0.15) is 8.42 Å². The first-order chi connectivity index (χ1) is 8.47. The number of H-pyrrole nitrogens is 2. The molecule has 0 atom stereocenters. The molecule has 0 saturated carbocycles. The Labute approximate surface area is 101 Å². The molecular weight excluding hydrogens is 256 g/mol. The zero-order chi connectivity index (χ0) is 12.9. The zero-order valence-electron chi connectivity index (χ0n) is 8.97. The smallest absolute Gasteiger partial charge is 0.306 e. The summed E-state index contributed by atoms with van der Waals surface area (Å²) < 4.78 is 32.3. The van der Waals surface area contributed by atoms with E-state index in [0.717, 1.165) is 0 Å². The Morgan fingerprint density at radius 3 is 2.56 bits per heavy atom. The summed E-state index contributed by atoms with van der Waals surface area (Å²) in [5.41, 5.74) is -0.0993. The molecule has 7 heteroatoms. The molecule has 0 unspecified atom stereocenters. The lowest BCUT2D eigenvalue weighted by Crippen LogP contribution is -2.02. The summed E-state index contributed by atoms with van der Waals surface area (Å²) in [7, 11) is -4.43. The van der Waals surface area contributed by atoms with E-state index in [2.05, 4.69) is 9.97 Å². The quantitative estimate of drug-likeness (QED) is 0.575. The Bertz CT molecular complexity index is 921. The SMILES string of the molecule is O=c1[nH]c2cc3ccccc3c(S(=O)(=O)O)c2[nH]1. The van der Waals surface area contributed by atoms with Gasteiger partial charge in [-0.15, -0.1) is 0 Å². The first-order valence-corrected chi connectivity index (χ1v) is 6.52. The van der Waals surface area contributed by atoms with Gasteiger partial charge in [0.25, 0.3) is 10.1 Å². The third-order valence-corrected chi connectivity index (χ3v) is 3.69. The lowest BCUT2D eigenvalue weighted by molar-refractivity contribution is 0.485.